The number of nitrogens with one attached hydrogen (secondary N) is 1. The Labute approximate surface area is 143 Å². The first-order valence-electron chi connectivity index (χ1n) is 8.09. The number of nitrogens with zero attached hydrogens (tertiary/aromatic N) is 3. The highest BCUT2D eigenvalue weighted by molar-refractivity contribution is 5.79. The number of benzene rings is 1. The number of para-hydroxylation sites is 1. The van der Waals surface area contributed by atoms with Crippen molar-refractivity contribution in [2.24, 2.45) is 4.99 Å². The quantitative estimate of drug-likeness (QED) is 0.652. The molecule has 0 amide bonds. The summed E-state index contributed by atoms with van der Waals surface area (Å²) in [5.74, 6) is 3.15. The van der Waals surface area contributed by atoms with Crippen LogP contribution in [0, 0.1) is 13.8 Å². The summed E-state index contributed by atoms with van der Waals surface area (Å²) in [6.07, 6.45) is 0. The Balaban J connectivity index is 2.11. The Morgan fingerprint density at radius 2 is 2.08 bits per heavy atom. The van der Waals surface area contributed by atoms with E-state index in [4.69, 9.17) is 9.15 Å². The van der Waals surface area contributed by atoms with E-state index >= 15 is 0 Å². The van der Waals surface area contributed by atoms with Crippen LogP contribution in [0.4, 0.5) is 0 Å². The molecule has 0 unspecified atom stereocenters. The highest BCUT2D eigenvalue weighted by Gasteiger charge is 2.11. The Hall–Kier alpha value is -2.50. The number of guanidine groups is 1. The van der Waals surface area contributed by atoms with Gasteiger partial charge in [0.25, 0.3) is 0 Å². The Kier molecular flexibility index (Phi) is 6.23. The second-order valence-electron chi connectivity index (χ2n) is 5.59. The van der Waals surface area contributed by atoms with Gasteiger partial charge in [0.2, 0.25) is 5.89 Å². The molecule has 0 saturated carbocycles. The maximum absolute atomic E-state index is 5.59. The summed E-state index contributed by atoms with van der Waals surface area (Å²) in [7, 11) is 3.69. The molecule has 0 atom stereocenters. The zero-order chi connectivity index (χ0) is 17.5. The average molecular weight is 330 g/mol. The third-order valence-electron chi connectivity index (χ3n) is 3.73. The molecule has 0 spiro atoms. The van der Waals surface area contributed by atoms with Crippen molar-refractivity contribution in [2.75, 3.05) is 20.7 Å². The van der Waals surface area contributed by atoms with Crippen LogP contribution >= 0.6 is 0 Å². The molecule has 0 radical (unpaired) electrons. The number of hydrogen-bond donors (Lipinski definition) is 1. The molecular formula is C18H26N4O2. The normalized spacial score (nSPS) is 11.5. The highest BCUT2D eigenvalue weighted by atomic mass is 16.5. The fourth-order valence-corrected chi connectivity index (χ4v) is 2.38. The van der Waals surface area contributed by atoms with Gasteiger partial charge in [-0.1, -0.05) is 18.2 Å². The molecule has 1 N–H and O–H groups in total. The molecule has 24 heavy (non-hydrogen) atoms. The van der Waals surface area contributed by atoms with Crippen LogP contribution in [0.2, 0.25) is 0 Å². The van der Waals surface area contributed by atoms with Gasteiger partial charge < -0.3 is 19.4 Å². The molecule has 1 aromatic heterocycles. The van der Waals surface area contributed by atoms with Crippen molar-refractivity contribution < 1.29 is 9.15 Å². The van der Waals surface area contributed by atoms with Crippen molar-refractivity contribution in [1.29, 1.82) is 0 Å². The summed E-state index contributed by atoms with van der Waals surface area (Å²) >= 11 is 0. The monoisotopic (exact) mass is 330 g/mol. The summed E-state index contributed by atoms with van der Waals surface area (Å²) in [6.45, 7) is 7.79. The van der Waals surface area contributed by atoms with Crippen molar-refractivity contribution in [3.8, 4) is 5.75 Å². The van der Waals surface area contributed by atoms with Crippen LogP contribution in [0.5, 0.6) is 5.75 Å². The van der Waals surface area contributed by atoms with Crippen LogP contribution in [-0.4, -0.2) is 36.5 Å². The molecule has 0 fully saturated rings. The molecule has 0 bridgehead atoms. The molecule has 0 saturated heterocycles. The summed E-state index contributed by atoms with van der Waals surface area (Å²) in [5, 5.41) is 3.30. The van der Waals surface area contributed by atoms with Gasteiger partial charge in [-0.2, -0.15) is 0 Å². The van der Waals surface area contributed by atoms with E-state index in [9.17, 15) is 0 Å². The molecule has 1 aromatic carbocycles. The maximum Gasteiger partial charge on any atom is 0.216 e. The van der Waals surface area contributed by atoms with E-state index in [1.807, 2.05) is 46.0 Å². The van der Waals surface area contributed by atoms with Gasteiger partial charge in [-0.05, 0) is 26.8 Å². The topological polar surface area (TPSA) is 62.9 Å². The standard InChI is InChI=1S/C18H26N4O2/c1-6-19-18(20-11-17-21-13(2)14(3)24-17)22(4)12-15-9-7-8-10-16(15)23-5/h7-10H,6,11-12H2,1-5H3,(H,19,20). The number of oxazole rings is 1. The van der Waals surface area contributed by atoms with Crippen molar-refractivity contribution in [3.63, 3.8) is 0 Å². The smallest absolute Gasteiger partial charge is 0.216 e. The molecule has 6 heteroatoms. The Bertz CT molecular complexity index is 675. The summed E-state index contributed by atoms with van der Waals surface area (Å²) in [4.78, 5) is 11.1. The van der Waals surface area contributed by atoms with Gasteiger partial charge in [-0.15, -0.1) is 0 Å². The van der Waals surface area contributed by atoms with E-state index in [-0.39, 0.29) is 0 Å². The fraction of sp³-hybridized carbons (Fsp3) is 0.444. The number of aliphatic imine (C=N–C) groups is 1. The third kappa shape index (κ3) is 4.50. The molecule has 0 aliphatic carbocycles. The van der Waals surface area contributed by atoms with Crippen LogP contribution in [0.3, 0.4) is 0 Å². The van der Waals surface area contributed by atoms with Crippen LogP contribution in [0.1, 0.15) is 29.8 Å². The van der Waals surface area contributed by atoms with Crippen LogP contribution < -0.4 is 10.1 Å². The van der Waals surface area contributed by atoms with Crippen molar-refractivity contribution >= 4 is 5.96 Å². The Morgan fingerprint density at radius 3 is 2.71 bits per heavy atom. The number of aryl methyl sites for hydroxylation is 2. The molecule has 2 rings (SSSR count). The van der Waals surface area contributed by atoms with Crippen molar-refractivity contribution in [1.82, 2.24) is 15.2 Å². The first-order chi connectivity index (χ1) is 11.5. The minimum atomic E-state index is 0.410. The minimum absolute atomic E-state index is 0.410. The average Bonchev–Trinajstić information content (AvgIpc) is 2.90. The summed E-state index contributed by atoms with van der Waals surface area (Å²) < 4.78 is 11.0. The predicted octanol–water partition coefficient (Wildman–Crippen LogP) is 2.90. The number of methoxy groups -OCH3 is 1. The van der Waals surface area contributed by atoms with Crippen LogP contribution in [-0.2, 0) is 13.1 Å². The van der Waals surface area contributed by atoms with Gasteiger partial charge in [-0.25, -0.2) is 9.98 Å². The third-order valence-corrected chi connectivity index (χ3v) is 3.73. The van der Waals surface area contributed by atoms with E-state index in [0.717, 1.165) is 35.3 Å². The van der Waals surface area contributed by atoms with Crippen molar-refractivity contribution in [3.05, 3.63) is 47.2 Å². The molecule has 6 nitrogen and oxygen atoms in total. The molecule has 130 valence electrons. The largest absolute Gasteiger partial charge is 0.496 e. The number of ether oxygens (including phenoxy) is 1. The first kappa shape index (κ1) is 17.8. The zero-order valence-electron chi connectivity index (χ0n) is 15.1. The van der Waals surface area contributed by atoms with Gasteiger partial charge >= 0.3 is 0 Å². The van der Waals surface area contributed by atoms with E-state index < -0.39 is 0 Å². The van der Waals surface area contributed by atoms with Crippen molar-refractivity contribution in [2.45, 2.75) is 33.9 Å². The van der Waals surface area contributed by atoms with Gasteiger partial charge in [0.1, 0.15) is 18.1 Å². The van der Waals surface area contributed by atoms with E-state index in [1.165, 1.54) is 0 Å². The van der Waals surface area contributed by atoms with Gasteiger partial charge in [-0.3, -0.25) is 0 Å². The van der Waals surface area contributed by atoms with E-state index in [0.29, 0.717) is 19.0 Å². The number of hydrogen-bond acceptors (Lipinski definition) is 4. The van der Waals surface area contributed by atoms with E-state index in [1.54, 1.807) is 7.11 Å². The molecule has 1 heterocycles. The van der Waals surface area contributed by atoms with Crippen LogP contribution in [0.15, 0.2) is 33.7 Å². The number of aromatic nitrogens is 1. The van der Waals surface area contributed by atoms with E-state index in [2.05, 4.69) is 26.3 Å². The molecule has 0 aliphatic heterocycles. The zero-order valence-corrected chi connectivity index (χ0v) is 15.1. The number of rotatable bonds is 6. The minimum Gasteiger partial charge on any atom is -0.496 e. The fourth-order valence-electron chi connectivity index (χ4n) is 2.38. The molecular weight excluding hydrogens is 304 g/mol. The molecule has 0 aliphatic rings. The lowest BCUT2D eigenvalue weighted by atomic mass is 10.2. The molecule has 2 aromatic rings. The first-order valence-corrected chi connectivity index (χ1v) is 8.09. The van der Waals surface area contributed by atoms with Crippen LogP contribution in [0.25, 0.3) is 0 Å². The van der Waals surface area contributed by atoms with Gasteiger partial charge in [0.05, 0.1) is 12.8 Å². The Morgan fingerprint density at radius 1 is 1.33 bits per heavy atom. The lowest BCUT2D eigenvalue weighted by molar-refractivity contribution is 0.395. The lowest BCUT2D eigenvalue weighted by Gasteiger charge is -2.22. The second-order valence-corrected chi connectivity index (χ2v) is 5.59. The summed E-state index contributed by atoms with van der Waals surface area (Å²) in [6, 6.07) is 7.99. The second kappa shape index (κ2) is 8.38. The maximum atomic E-state index is 5.59. The SMILES string of the molecule is CCNC(=NCc1nc(C)c(C)o1)N(C)Cc1ccccc1OC. The lowest BCUT2D eigenvalue weighted by Crippen LogP contribution is -2.38. The predicted molar refractivity (Wildman–Crippen MR) is 95.3 cm³/mol. The highest BCUT2D eigenvalue weighted by Crippen LogP contribution is 2.18. The summed E-state index contributed by atoms with van der Waals surface area (Å²) in [5.41, 5.74) is 2.02. The van der Waals surface area contributed by atoms with Gasteiger partial charge in [0, 0.05) is 25.7 Å². The van der Waals surface area contributed by atoms with Gasteiger partial charge in [0.15, 0.2) is 5.96 Å².